The third kappa shape index (κ3) is 3.21. The standard InChI is InChI=1S/C10H15BrN4/c1-13-10(14-12)15(2)7-8-5-3-4-6-9(8)11/h3-6H,7,12H2,1-2H3,(H,13,14). The zero-order chi connectivity index (χ0) is 11.3. The smallest absolute Gasteiger partial charge is 0.208 e. The molecule has 0 aliphatic heterocycles. The lowest BCUT2D eigenvalue weighted by Gasteiger charge is -2.20. The summed E-state index contributed by atoms with van der Waals surface area (Å²) in [4.78, 5) is 5.97. The van der Waals surface area contributed by atoms with Gasteiger partial charge < -0.3 is 4.90 Å². The first kappa shape index (κ1) is 12.0. The van der Waals surface area contributed by atoms with Crippen LogP contribution in [0.2, 0.25) is 0 Å². The Kier molecular flexibility index (Phi) is 4.58. The fourth-order valence-electron chi connectivity index (χ4n) is 1.30. The van der Waals surface area contributed by atoms with Crippen LogP contribution in [0.5, 0.6) is 0 Å². The predicted molar refractivity (Wildman–Crippen MR) is 66.3 cm³/mol. The van der Waals surface area contributed by atoms with Gasteiger partial charge in [-0.1, -0.05) is 34.1 Å². The van der Waals surface area contributed by atoms with E-state index in [1.807, 2.05) is 30.1 Å². The predicted octanol–water partition coefficient (Wildman–Crippen LogP) is 1.33. The van der Waals surface area contributed by atoms with Crippen molar-refractivity contribution in [1.29, 1.82) is 0 Å². The molecule has 1 rings (SSSR count). The van der Waals surface area contributed by atoms with Crippen LogP contribution in [0.3, 0.4) is 0 Å². The third-order valence-electron chi connectivity index (χ3n) is 2.07. The van der Waals surface area contributed by atoms with Gasteiger partial charge in [-0.15, -0.1) is 0 Å². The van der Waals surface area contributed by atoms with Crippen LogP contribution >= 0.6 is 15.9 Å². The van der Waals surface area contributed by atoms with E-state index >= 15 is 0 Å². The lowest BCUT2D eigenvalue weighted by atomic mass is 10.2. The third-order valence-corrected chi connectivity index (χ3v) is 2.84. The number of nitrogens with zero attached hydrogens (tertiary/aromatic N) is 2. The highest BCUT2D eigenvalue weighted by Crippen LogP contribution is 2.17. The van der Waals surface area contributed by atoms with Gasteiger partial charge in [-0.05, 0) is 11.6 Å². The Hall–Kier alpha value is -1.07. The molecule has 4 nitrogen and oxygen atoms in total. The number of aliphatic imine (C=N–C) groups is 1. The van der Waals surface area contributed by atoms with E-state index in [0.717, 1.165) is 11.0 Å². The zero-order valence-electron chi connectivity index (χ0n) is 8.87. The molecule has 15 heavy (non-hydrogen) atoms. The second-order valence-corrected chi connectivity index (χ2v) is 3.99. The highest BCUT2D eigenvalue weighted by atomic mass is 79.9. The molecule has 0 aromatic heterocycles. The van der Waals surface area contributed by atoms with Crippen LogP contribution in [-0.2, 0) is 6.54 Å². The largest absolute Gasteiger partial charge is 0.341 e. The lowest BCUT2D eigenvalue weighted by molar-refractivity contribution is 0.478. The van der Waals surface area contributed by atoms with Crippen LogP contribution in [0, 0.1) is 0 Å². The van der Waals surface area contributed by atoms with E-state index in [9.17, 15) is 0 Å². The molecular formula is C10H15BrN4. The minimum absolute atomic E-state index is 0.658. The number of nitrogens with one attached hydrogen (secondary N) is 1. The molecule has 0 saturated carbocycles. The molecule has 82 valence electrons. The van der Waals surface area contributed by atoms with Crippen molar-refractivity contribution in [2.75, 3.05) is 14.1 Å². The number of nitrogens with two attached hydrogens (primary N) is 1. The van der Waals surface area contributed by atoms with Gasteiger partial charge in [0.1, 0.15) is 0 Å². The molecule has 0 unspecified atom stereocenters. The summed E-state index contributed by atoms with van der Waals surface area (Å²) in [5.74, 6) is 6.00. The van der Waals surface area contributed by atoms with Crippen molar-refractivity contribution in [2.45, 2.75) is 6.54 Å². The van der Waals surface area contributed by atoms with Gasteiger partial charge in [0.2, 0.25) is 5.96 Å². The Morgan fingerprint density at radius 1 is 1.53 bits per heavy atom. The Bertz CT molecular complexity index is 351. The fraction of sp³-hybridized carbons (Fsp3) is 0.300. The van der Waals surface area contributed by atoms with Crippen molar-refractivity contribution in [1.82, 2.24) is 10.3 Å². The van der Waals surface area contributed by atoms with Crippen molar-refractivity contribution in [2.24, 2.45) is 10.8 Å². The van der Waals surface area contributed by atoms with Gasteiger partial charge in [-0.2, -0.15) is 0 Å². The molecule has 0 saturated heterocycles. The van der Waals surface area contributed by atoms with Crippen molar-refractivity contribution in [3.63, 3.8) is 0 Å². The summed E-state index contributed by atoms with van der Waals surface area (Å²) in [7, 11) is 3.63. The molecule has 0 amide bonds. The van der Waals surface area contributed by atoms with Gasteiger partial charge in [0, 0.05) is 25.1 Å². The monoisotopic (exact) mass is 270 g/mol. The van der Waals surface area contributed by atoms with Gasteiger partial charge in [0.05, 0.1) is 0 Å². The van der Waals surface area contributed by atoms with Crippen LogP contribution < -0.4 is 11.3 Å². The SMILES string of the molecule is CN=C(NN)N(C)Cc1ccccc1Br. The molecule has 5 heteroatoms. The molecule has 0 atom stereocenters. The minimum atomic E-state index is 0.658. The highest BCUT2D eigenvalue weighted by Gasteiger charge is 2.06. The van der Waals surface area contributed by atoms with E-state index in [1.54, 1.807) is 7.05 Å². The first-order valence-electron chi connectivity index (χ1n) is 4.57. The number of guanidine groups is 1. The van der Waals surface area contributed by atoms with Gasteiger partial charge in [0.15, 0.2) is 0 Å². The summed E-state index contributed by atoms with van der Waals surface area (Å²) in [6.45, 7) is 0.748. The Morgan fingerprint density at radius 3 is 2.73 bits per heavy atom. The Balaban J connectivity index is 2.74. The molecule has 1 aromatic carbocycles. The van der Waals surface area contributed by atoms with Crippen LogP contribution in [0.15, 0.2) is 33.7 Å². The van der Waals surface area contributed by atoms with Gasteiger partial charge in [-0.25, -0.2) is 5.84 Å². The highest BCUT2D eigenvalue weighted by molar-refractivity contribution is 9.10. The summed E-state index contributed by atoms with van der Waals surface area (Å²) >= 11 is 3.50. The molecule has 0 heterocycles. The van der Waals surface area contributed by atoms with E-state index in [-0.39, 0.29) is 0 Å². The van der Waals surface area contributed by atoms with Crippen molar-refractivity contribution < 1.29 is 0 Å². The van der Waals surface area contributed by atoms with Crippen LogP contribution in [0.25, 0.3) is 0 Å². The normalized spacial score (nSPS) is 11.3. The Labute approximate surface area is 98.3 Å². The zero-order valence-corrected chi connectivity index (χ0v) is 10.5. The molecule has 3 N–H and O–H groups in total. The summed E-state index contributed by atoms with van der Waals surface area (Å²) in [6.07, 6.45) is 0. The topological polar surface area (TPSA) is 53.6 Å². The van der Waals surface area contributed by atoms with Crippen molar-refractivity contribution in [3.8, 4) is 0 Å². The molecule has 0 spiro atoms. The molecule has 0 fully saturated rings. The number of rotatable bonds is 2. The number of benzene rings is 1. The average molecular weight is 271 g/mol. The van der Waals surface area contributed by atoms with Crippen LogP contribution in [0.1, 0.15) is 5.56 Å². The molecule has 0 bridgehead atoms. The number of hydrogen-bond donors (Lipinski definition) is 2. The maximum atomic E-state index is 5.34. The number of hydrazine groups is 1. The molecule has 0 aliphatic carbocycles. The quantitative estimate of drug-likeness (QED) is 0.369. The lowest BCUT2D eigenvalue weighted by Crippen LogP contribution is -2.42. The van der Waals surface area contributed by atoms with E-state index < -0.39 is 0 Å². The van der Waals surface area contributed by atoms with Crippen molar-refractivity contribution in [3.05, 3.63) is 34.3 Å². The second kappa shape index (κ2) is 5.72. The molecule has 1 aromatic rings. The molecule has 0 aliphatic rings. The summed E-state index contributed by atoms with van der Waals surface area (Å²) < 4.78 is 1.09. The van der Waals surface area contributed by atoms with E-state index in [2.05, 4.69) is 32.4 Å². The van der Waals surface area contributed by atoms with Gasteiger partial charge >= 0.3 is 0 Å². The van der Waals surface area contributed by atoms with Gasteiger partial charge in [-0.3, -0.25) is 10.4 Å². The van der Waals surface area contributed by atoms with Crippen LogP contribution in [0.4, 0.5) is 0 Å². The summed E-state index contributed by atoms with van der Waals surface area (Å²) in [5.41, 5.74) is 3.74. The molecule has 0 radical (unpaired) electrons. The second-order valence-electron chi connectivity index (χ2n) is 3.14. The average Bonchev–Trinajstić information content (AvgIpc) is 2.23. The Morgan fingerprint density at radius 2 is 2.20 bits per heavy atom. The maximum Gasteiger partial charge on any atom is 0.208 e. The molecular weight excluding hydrogens is 256 g/mol. The first-order valence-corrected chi connectivity index (χ1v) is 5.36. The fourth-order valence-corrected chi connectivity index (χ4v) is 1.71. The number of halogens is 1. The van der Waals surface area contributed by atoms with E-state index in [0.29, 0.717) is 5.96 Å². The first-order chi connectivity index (χ1) is 7.19. The maximum absolute atomic E-state index is 5.34. The summed E-state index contributed by atoms with van der Waals surface area (Å²) in [6, 6.07) is 8.07. The minimum Gasteiger partial charge on any atom is -0.341 e. The van der Waals surface area contributed by atoms with Crippen molar-refractivity contribution >= 4 is 21.9 Å². The van der Waals surface area contributed by atoms with Crippen LogP contribution in [-0.4, -0.2) is 25.0 Å². The number of hydrogen-bond acceptors (Lipinski definition) is 2. The summed E-state index contributed by atoms with van der Waals surface area (Å²) in [5, 5.41) is 0. The van der Waals surface area contributed by atoms with Gasteiger partial charge in [0.25, 0.3) is 0 Å². The van der Waals surface area contributed by atoms with E-state index in [4.69, 9.17) is 5.84 Å². The van der Waals surface area contributed by atoms with E-state index in [1.165, 1.54) is 5.56 Å².